The quantitative estimate of drug-likeness (QED) is 0.495. The predicted molar refractivity (Wildman–Crippen MR) is 114 cm³/mol. The van der Waals surface area contributed by atoms with Crippen molar-refractivity contribution in [1.29, 1.82) is 0 Å². The summed E-state index contributed by atoms with van der Waals surface area (Å²) in [6.45, 7) is 9.54. The third kappa shape index (κ3) is 3.15. The second-order valence-corrected chi connectivity index (χ2v) is 11.3. The molecule has 0 aromatic carbocycles. The average Bonchev–Trinajstić information content (AvgIpc) is 2.91. The average molecular weight is 433 g/mol. The molecule has 1 spiro atoms. The molecule has 0 saturated heterocycles. The number of carboxylic acid groups (broad SMARTS) is 1. The van der Waals surface area contributed by atoms with E-state index in [0.29, 0.717) is 25.3 Å². The Bertz CT molecular complexity index is 789. The molecule has 5 aliphatic rings. The van der Waals surface area contributed by atoms with Crippen molar-refractivity contribution in [2.24, 2.45) is 39.9 Å². The molecule has 6 heteroatoms. The van der Waals surface area contributed by atoms with Gasteiger partial charge in [0.05, 0.1) is 5.41 Å². The van der Waals surface area contributed by atoms with E-state index in [-0.39, 0.29) is 28.6 Å². The van der Waals surface area contributed by atoms with Gasteiger partial charge in [0.2, 0.25) is 0 Å². The van der Waals surface area contributed by atoms with E-state index in [1.807, 2.05) is 6.92 Å². The Hall–Kier alpha value is -1.85. The van der Waals surface area contributed by atoms with E-state index in [1.165, 1.54) is 5.57 Å². The first-order chi connectivity index (χ1) is 14.6. The number of carbonyl (C=O) groups excluding carboxylic acids is 2. The number of ether oxygens (including phenoxy) is 2. The predicted octanol–water partition coefficient (Wildman–Crippen LogP) is 4.37. The van der Waals surface area contributed by atoms with E-state index in [2.05, 4.69) is 26.8 Å². The van der Waals surface area contributed by atoms with Gasteiger partial charge in [0, 0.05) is 5.92 Å². The highest BCUT2D eigenvalue weighted by Gasteiger charge is 2.66. The van der Waals surface area contributed by atoms with Crippen LogP contribution in [0, 0.1) is 39.9 Å². The minimum atomic E-state index is -0.706. The van der Waals surface area contributed by atoms with Crippen LogP contribution in [0.4, 0.5) is 0 Å². The van der Waals surface area contributed by atoms with Crippen LogP contribution in [-0.2, 0) is 23.9 Å². The standard InChI is InChI=1S/C25H36O6/c1-15(2)17-11-25-9-6-19-23(3,7-5-8-24(19,4)22(28)29)20(25)10-16(17)21(31-14-27)18(12-25)30-13-26/h11,13-16,18-21H,5-10,12H2,1-4H3,(H,28,29). The van der Waals surface area contributed by atoms with Crippen molar-refractivity contribution in [2.75, 3.05) is 0 Å². The van der Waals surface area contributed by atoms with Crippen LogP contribution in [0.15, 0.2) is 11.6 Å². The van der Waals surface area contributed by atoms with Crippen LogP contribution in [0.25, 0.3) is 0 Å². The van der Waals surface area contributed by atoms with Crippen molar-refractivity contribution in [1.82, 2.24) is 0 Å². The summed E-state index contributed by atoms with van der Waals surface area (Å²) in [5, 5.41) is 10.1. The second-order valence-electron chi connectivity index (χ2n) is 11.3. The lowest BCUT2D eigenvalue weighted by molar-refractivity contribution is -0.177. The monoisotopic (exact) mass is 432 g/mol. The third-order valence-corrected chi connectivity index (χ3v) is 9.68. The third-order valence-electron chi connectivity index (χ3n) is 9.68. The second kappa shape index (κ2) is 7.63. The van der Waals surface area contributed by atoms with E-state index in [1.54, 1.807) is 0 Å². The zero-order valence-corrected chi connectivity index (χ0v) is 19.1. The summed E-state index contributed by atoms with van der Waals surface area (Å²) in [6.07, 6.45) is 7.35. The Balaban J connectivity index is 1.83. The van der Waals surface area contributed by atoms with Crippen molar-refractivity contribution >= 4 is 18.9 Å². The zero-order chi connectivity index (χ0) is 22.6. The molecule has 31 heavy (non-hydrogen) atoms. The molecule has 0 radical (unpaired) electrons. The molecule has 0 heterocycles. The van der Waals surface area contributed by atoms with Crippen LogP contribution < -0.4 is 0 Å². The lowest BCUT2D eigenvalue weighted by Crippen LogP contribution is -2.58. The van der Waals surface area contributed by atoms with Gasteiger partial charge in [-0.05, 0) is 74.0 Å². The van der Waals surface area contributed by atoms with Crippen LogP contribution in [-0.4, -0.2) is 36.2 Å². The molecule has 0 aromatic heterocycles. The summed E-state index contributed by atoms with van der Waals surface area (Å²) in [7, 11) is 0. The minimum Gasteiger partial charge on any atom is -0.481 e. The molecule has 5 rings (SSSR count). The maximum Gasteiger partial charge on any atom is 0.309 e. The summed E-state index contributed by atoms with van der Waals surface area (Å²) in [5.41, 5.74) is 0.316. The largest absolute Gasteiger partial charge is 0.481 e. The summed E-state index contributed by atoms with van der Waals surface area (Å²) in [6, 6.07) is 0. The zero-order valence-electron chi connectivity index (χ0n) is 19.1. The molecule has 0 aromatic rings. The Labute approximate surface area is 184 Å². The first-order valence-electron chi connectivity index (χ1n) is 11.8. The van der Waals surface area contributed by atoms with Gasteiger partial charge < -0.3 is 14.6 Å². The fourth-order valence-corrected chi connectivity index (χ4v) is 8.40. The molecule has 8 atom stereocenters. The first kappa shape index (κ1) is 22.3. The molecule has 0 amide bonds. The number of fused-ring (bicyclic) bond motifs is 3. The Kier molecular flexibility index (Phi) is 5.50. The van der Waals surface area contributed by atoms with Crippen molar-refractivity contribution in [3.63, 3.8) is 0 Å². The highest BCUT2D eigenvalue weighted by molar-refractivity contribution is 5.75. The van der Waals surface area contributed by atoms with Crippen molar-refractivity contribution < 1.29 is 29.0 Å². The van der Waals surface area contributed by atoms with E-state index < -0.39 is 23.6 Å². The Morgan fingerprint density at radius 3 is 2.45 bits per heavy atom. The molecule has 1 N–H and O–H groups in total. The maximum absolute atomic E-state index is 12.3. The summed E-state index contributed by atoms with van der Waals surface area (Å²) < 4.78 is 11.1. The number of hydrogen-bond acceptors (Lipinski definition) is 5. The van der Waals surface area contributed by atoms with Gasteiger partial charge in [-0.2, -0.15) is 0 Å². The Morgan fingerprint density at radius 1 is 1.13 bits per heavy atom. The van der Waals surface area contributed by atoms with Crippen LogP contribution in [0.5, 0.6) is 0 Å². The molecule has 3 saturated carbocycles. The molecule has 6 nitrogen and oxygen atoms in total. The highest BCUT2D eigenvalue weighted by atomic mass is 16.6. The van der Waals surface area contributed by atoms with Gasteiger partial charge in [-0.1, -0.05) is 38.8 Å². The number of carboxylic acids is 1. The lowest BCUT2D eigenvalue weighted by Gasteiger charge is -2.63. The summed E-state index contributed by atoms with van der Waals surface area (Å²) in [5.74, 6) is 0.0122. The number of allylic oxidation sites excluding steroid dienone is 1. The minimum absolute atomic E-state index is 0.00985. The van der Waals surface area contributed by atoms with Gasteiger partial charge in [-0.3, -0.25) is 14.4 Å². The number of carbonyl (C=O) groups is 3. The molecule has 0 aliphatic heterocycles. The normalized spacial score (nSPS) is 46.2. The molecule has 5 aliphatic carbocycles. The van der Waals surface area contributed by atoms with Gasteiger partial charge in [0.25, 0.3) is 12.9 Å². The highest BCUT2D eigenvalue weighted by Crippen LogP contribution is 2.70. The molecule has 2 bridgehead atoms. The van der Waals surface area contributed by atoms with E-state index in [4.69, 9.17) is 9.47 Å². The van der Waals surface area contributed by atoms with E-state index >= 15 is 0 Å². The summed E-state index contributed by atoms with van der Waals surface area (Å²) in [4.78, 5) is 35.1. The van der Waals surface area contributed by atoms with Crippen LogP contribution in [0.2, 0.25) is 0 Å². The summed E-state index contributed by atoms with van der Waals surface area (Å²) >= 11 is 0. The Morgan fingerprint density at radius 2 is 1.84 bits per heavy atom. The fraction of sp³-hybridized carbons (Fsp3) is 0.800. The lowest BCUT2D eigenvalue weighted by atomic mass is 9.40. The smallest absolute Gasteiger partial charge is 0.309 e. The fourth-order valence-electron chi connectivity index (χ4n) is 8.40. The van der Waals surface area contributed by atoms with Gasteiger partial charge in [-0.15, -0.1) is 0 Å². The van der Waals surface area contributed by atoms with Crippen LogP contribution >= 0.6 is 0 Å². The van der Waals surface area contributed by atoms with E-state index in [9.17, 15) is 19.5 Å². The number of rotatable bonds is 6. The van der Waals surface area contributed by atoms with Crippen molar-refractivity contribution in [2.45, 2.75) is 84.8 Å². The first-order valence-corrected chi connectivity index (χ1v) is 11.8. The maximum atomic E-state index is 12.3. The molecular formula is C25H36O6. The van der Waals surface area contributed by atoms with Crippen LogP contribution in [0.3, 0.4) is 0 Å². The molecule has 3 fully saturated rings. The van der Waals surface area contributed by atoms with E-state index in [0.717, 1.165) is 38.5 Å². The van der Waals surface area contributed by atoms with Crippen molar-refractivity contribution in [3.05, 3.63) is 11.6 Å². The molecular weight excluding hydrogens is 396 g/mol. The molecule has 172 valence electrons. The van der Waals surface area contributed by atoms with Gasteiger partial charge in [0.15, 0.2) is 0 Å². The van der Waals surface area contributed by atoms with Crippen molar-refractivity contribution in [3.8, 4) is 0 Å². The van der Waals surface area contributed by atoms with Gasteiger partial charge >= 0.3 is 5.97 Å². The topological polar surface area (TPSA) is 89.9 Å². The number of aliphatic carboxylic acids is 1. The number of hydrogen-bond donors (Lipinski definition) is 1. The van der Waals surface area contributed by atoms with Crippen LogP contribution in [0.1, 0.15) is 72.6 Å². The SMILES string of the molecule is CC(C)C1=CC23CCC4C(C)(C(=O)O)CCCC4(C)C2CC1C(OC=O)C(OC=O)C3. The van der Waals surface area contributed by atoms with Gasteiger partial charge in [-0.25, -0.2) is 0 Å². The van der Waals surface area contributed by atoms with Gasteiger partial charge in [0.1, 0.15) is 12.2 Å². The molecule has 8 unspecified atom stereocenters.